The zero-order chi connectivity index (χ0) is 8.24. The SMILES string of the molecule is BBCBC.CCCCC. The van der Waals surface area contributed by atoms with Gasteiger partial charge in [0.25, 0.3) is 0 Å². The van der Waals surface area contributed by atoms with Crippen LogP contribution in [0.25, 0.3) is 0 Å². The molecule has 0 spiro atoms. The third-order valence-electron chi connectivity index (χ3n) is 1.41. The van der Waals surface area contributed by atoms with Crippen LogP contribution in [0.1, 0.15) is 33.1 Å². The van der Waals surface area contributed by atoms with Crippen LogP contribution in [0.2, 0.25) is 13.0 Å². The molecule has 0 aromatic carbocycles. The van der Waals surface area contributed by atoms with Crippen molar-refractivity contribution in [3.05, 3.63) is 0 Å². The minimum atomic E-state index is 1.34. The molecule has 0 atom stereocenters. The Morgan fingerprint density at radius 2 is 1.70 bits per heavy atom. The Kier molecular flexibility index (Phi) is 20.7. The van der Waals surface area contributed by atoms with Gasteiger partial charge >= 0.3 is 0 Å². The van der Waals surface area contributed by atoms with Gasteiger partial charge in [0.15, 0.2) is 0 Å². The Labute approximate surface area is 69.0 Å². The first-order chi connectivity index (χ1) is 4.83. The van der Waals surface area contributed by atoms with Crippen LogP contribution in [-0.2, 0) is 0 Å². The highest BCUT2D eigenvalue weighted by Gasteiger charge is 1.75. The number of hydrogen-bond donors (Lipinski definition) is 0. The van der Waals surface area contributed by atoms with Gasteiger partial charge in [0, 0.05) is 0 Å². The van der Waals surface area contributed by atoms with Crippen molar-refractivity contribution in [2.45, 2.75) is 46.2 Å². The van der Waals surface area contributed by atoms with E-state index in [4.69, 9.17) is 0 Å². The second-order valence-electron chi connectivity index (χ2n) is 2.71. The van der Waals surface area contributed by atoms with Crippen molar-refractivity contribution >= 4 is 22.2 Å². The highest BCUT2D eigenvalue weighted by molar-refractivity contribution is 6.93. The quantitative estimate of drug-likeness (QED) is 0.508. The van der Waals surface area contributed by atoms with Crippen LogP contribution in [0.4, 0.5) is 0 Å². The van der Waals surface area contributed by atoms with Crippen molar-refractivity contribution < 1.29 is 0 Å². The maximum Gasteiger partial charge on any atom is 0.109 e. The maximum absolute atomic E-state index is 2.21. The monoisotopic (exact) mass is 138 g/mol. The Hall–Kier alpha value is 0.195. The van der Waals surface area contributed by atoms with E-state index in [1.54, 1.807) is 0 Å². The largest absolute Gasteiger partial charge is 0.109 e. The van der Waals surface area contributed by atoms with Gasteiger partial charge in [-0.05, 0) is 0 Å². The van der Waals surface area contributed by atoms with Crippen LogP contribution in [0.5, 0.6) is 0 Å². The maximum atomic E-state index is 2.21. The van der Waals surface area contributed by atoms with Crippen molar-refractivity contribution in [2.75, 3.05) is 0 Å². The molecule has 58 valence electrons. The molecule has 0 N–H and O–H groups in total. The van der Waals surface area contributed by atoms with Crippen molar-refractivity contribution in [3.63, 3.8) is 0 Å². The van der Waals surface area contributed by atoms with Crippen molar-refractivity contribution in [1.82, 2.24) is 0 Å². The molecule has 0 amide bonds. The second kappa shape index (κ2) is 16.1. The van der Waals surface area contributed by atoms with E-state index < -0.39 is 0 Å². The zero-order valence-corrected chi connectivity index (χ0v) is 8.24. The predicted octanol–water partition coefficient (Wildman–Crippen LogP) is 1.03. The lowest BCUT2D eigenvalue weighted by atomic mass is 9.44. The minimum absolute atomic E-state index is 1.34. The summed E-state index contributed by atoms with van der Waals surface area (Å²) in [6, 6.07) is 0. The summed E-state index contributed by atoms with van der Waals surface area (Å²) in [5.41, 5.74) is 0. The molecule has 0 rings (SSSR count). The molecular formula is C7H21B3. The molecule has 0 aliphatic rings. The molecule has 0 unspecified atom stereocenters. The minimum Gasteiger partial charge on any atom is -0.108 e. The average molecular weight is 138 g/mol. The van der Waals surface area contributed by atoms with E-state index in [9.17, 15) is 0 Å². The van der Waals surface area contributed by atoms with Gasteiger partial charge in [-0.1, -0.05) is 39.9 Å². The summed E-state index contributed by atoms with van der Waals surface area (Å²) >= 11 is 0. The van der Waals surface area contributed by atoms with Crippen LogP contribution in [0.15, 0.2) is 0 Å². The molecular weight excluding hydrogens is 117 g/mol. The molecule has 0 aliphatic heterocycles. The topological polar surface area (TPSA) is 0 Å². The van der Waals surface area contributed by atoms with Gasteiger partial charge in [0.05, 0.1) is 14.9 Å². The van der Waals surface area contributed by atoms with Gasteiger partial charge < -0.3 is 0 Å². The van der Waals surface area contributed by atoms with E-state index >= 15 is 0 Å². The Balaban J connectivity index is 0. The van der Waals surface area contributed by atoms with Gasteiger partial charge in [-0.25, -0.2) is 0 Å². The summed E-state index contributed by atoms with van der Waals surface area (Å²) in [5, 5.41) is 0. The molecule has 0 heterocycles. The predicted molar refractivity (Wildman–Crippen MR) is 58.7 cm³/mol. The zero-order valence-electron chi connectivity index (χ0n) is 8.24. The molecule has 0 nitrogen and oxygen atoms in total. The third-order valence-corrected chi connectivity index (χ3v) is 1.41. The van der Waals surface area contributed by atoms with Gasteiger partial charge in [0.2, 0.25) is 0 Å². The van der Waals surface area contributed by atoms with Gasteiger partial charge in [-0.2, -0.15) is 0 Å². The van der Waals surface area contributed by atoms with Crippen LogP contribution in [0, 0.1) is 0 Å². The van der Waals surface area contributed by atoms with E-state index in [0.29, 0.717) is 0 Å². The van der Waals surface area contributed by atoms with E-state index in [0.717, 1.165) is 0 Å². The smallest absolute Gasteiger partial charge is 0.108 e. The van der Waals surface area contributed by atoms with Crippen molar-refractivity contribution in [1.29, 1.82) is 0 Å². The van der Waals surface area contributed by atoms with Gasteiger partial charge in [-0.3, -0.25) is 0 Å². The highest BCUT2D eigenvalue weighted by atomic mass is 13.7. The molecule has 10 heavy (non-hydrogen) atoms. The van der Waals surface area contributed by atoms with Crippen LogP contribution in [-0.4, -0.2) is 22.2 Å². The lowest BCUT2D eigenvalue weighted by Crippen LogP contribution is -1.90. The summed E-state index contributed by atoms with van der Waals surface area (Å²) in [6.45, 7) is 6.64. The number of rotatable bonds is 4. The first kappa shape index (κ1) is 12.8. The highest BCUT2D eigenvalue weighted by Crippen LogP contribution is 1.88. The number of unbranched alkanes of at least 4 members (excludes halogenated alkanes) is 2. The molecule has 0 aromatic heterocycles. The molecule has 0 fully saturated rings. The summed E-state index contributed by atoms with van der Waals surface area (Å²) in [7, 11) is 4.90. The fourth-order valence-electron chi connectivity index (χ4n) is 0.707. The lowest BCUT2D eigenvalue weighted by molar-refractivity contribution is 0.772. The fourth-order valence-corrected chi connectivity index (χ4v) is 0.707. The van der Waals surface area contributed by atoms with Crippen LogP contribution >= 0.6 is 0 Å². The molecule has 0 bridgehead atoms. The molecule has 0 saturated carbocycles. The van der Waals surface area contributed by atoms with Crippen LogP contribution < -0.4 is 0 Å². The Morgan fingerprint density at radius 3 is 1.70 bits per heavy atom. The lowest BCUT2D eigenvalue weighted by Gasteiger charge is -1.79. The average Bonchev–Trinajstić information content (AvgIpc) is 1.93. The van der Waals surface area contributed by atoms with E-state index in [1.165, 1.54) is 39.9 Å². The second-order valence-corrected chi connectivity index (χ2v) is 2.71. The molecule has 0 aliphatic carbocycles. The summed E-state index contributed by atoms with van der Waals surface area (Å²) in [6.07, 6.45) is 5.47. The van der Waals surface area contributed by atoms with E-state index in [1.807, 2.05) is 0 Å². The first-order valence-electron chi connectivity index (χ1n) is 4.83. The Morgan fingerprint density at radius 1 is 1.20 bits per heavy atom. The fraction of sp³-hybridized carbons (Fsp3) is 1.00. The van der Waals surface area contributed by atoms with Crippen LogP contribution in [0.3, 0.4) is 0 Å². The molecule has 0 saturated heterocycles. The van der Waals surface area contributed by atoms with Gasteiger partial charge in [0.1, 0.15) is 7.28 Å². The normalized spacial score (nSPS) is 7.50. The van der Waals surface area contributed by atoms with Crippen molar-refractivity contribution in [3.8, 4) is 0 Å². The summed E-state index contributed by atoms with van der Waals surface area (Å²) in [5.74, 6) is 0. The third kappa shape index (κ3) is 24.1. The van der Waals surface area contributed by atoms with Gasteiger partial charge in [-0.15, -0.1) is 6.22 Å². The number of hydrogen-bond acceptors (Lipinski definition) is 0. The van der Waals surface area contributed by atoms with E-state index in [2.05, 4.69) is 28.4 Å². The summed E-state index contributed by atoms with van der Waals surface area (Å²) < 4.78 is 0. The van der Waals surface area contributed by atoms with E-state index in [-0.39, 0.29) is 0 Å². The first-order valence-corrected chi connectivity index (χ1v) is 4.83. The molecule has 0 aromatic rings. The Bertz CT molecular complexity index is 29.8. The molecule has 3 heteroatoms. The summed E-state index contributed by atoms with van der Waals surface area (Å²) in [4.78, 5) is 0. The van der Waals surface area contributed by atoms with Crippen molar-refractivity contribution in [2.24, 2.45) is 0 Å². The molecule has 0 radical (unpaired) electrons. The standard InChI is InChI=1S/C5H12.C2H9B3/c1-3-5-4-2;1-4-2-5-3/h3-5H2,1-2H3;4-5H,2-3H2,1H3.